The van der Waals surface area contributed by atoms with Crippen LogP contribution in [-0.4, -0.2) is 16.2 Å². The highest BCUT2D eigenvalue weighted by Gasteiger charge is 2.12. The minimum absolute atomic E-state index is 0.0665. The average Bonchev–Trinajstić information content (AvgIpc) is 2.85. The summed E-state index contributed by atoms with van der Waals surface area (Å²) in [5, 5.41) is 12.6. The quantitative estimate of drug-likeness (QED) is 0.900. The first-order chi connectivity index (χ1) is 9.47. The lowest BCUT2D eigenvalue weighted by molar-refractivity contribution is -0.136. The van der Waals surface area contributed by atoms with Crippen molar-refractivity contribution < 1.29 is 14.4 Å². The number of nitrogens with zero attached hydrogens (tertiary/aromatic N) is 1. The predicted octanol–water partition coefficient (Wildman–Crippen LogP) is 3.79. The number of hydrogen-bond donors (Lipinski definition) is 1. The lowest BCUT2D eigenvalue weighted by Gasteiger charge is -2.08. The largest absolute Gasteiger partial charge is 0.481 e. The zero-order chi connectivity index (χ0) is 14.7. The Morgan fingerprint density at radius 1 is 1.35 bits per heavy atom. The van der Waals surface area contributed by atoms with Gasteiger partial charge in [-0.2, -0.15) is 0 Å². The number of benzene rings is 1. The SMILES string of the molecule is Cc1ccc(C(C)C)cc1-c1cc(CCC(=O)O)no1. The van der Waals surface area contributed by atoms with Crippen molar-refractivity contribution in [2.45, 2.75) is 39.5 Å². The van der Waals surface area contributed by atoms with E-state index in [9.17, 15) is 4.79 Å². The lowest BCUT2D eigenvalue weighted by atomic mass is 9.96. The van der Waals surface area contributed by atoms with E-state index in [1.165, 1.54) is 5.56 Å². The normalized spacial score (nSPS) is 11.0. The third-order valence-electron chi connectivity index (χ3n) is 3.35. The van der Waals surface area contributed by atoms with Crippen molar-refractivity contribution in [2.75, 3.05) is 0 Å². The van der Waals surface area contributed by atoms with E-state index >= 15 is 0 Å². The van der Waals surface area contributed by atoms with Crippen LogP contribution in [0.2, 0.25) is 0 Å². The predicted molar refractivity (Wildman–Crippen MR) is 76.7 cm³/mol. The van der Waals surface area contributed by atoms with E-state index in [2.05, 4.69) is 37.2 Å². The highest BCUT2D eigenvalue weighted by Crippen LogP contribution is 2.28. The van der Waals surface area contributed by atoms with Gasteiger partial charge in [-0.15, -0.1) is 0 Å². The molecule has 1 N–H and O–H groups in total. The zero-order valence-corrected chi connectivity index (χ0v) is 12.0. The highest BCUT2D eigenvalue weighted by atomic mass is 16.5. The van der Waals surface area contributed by atoms with Crippen molar-refractivity contribution in [1.82, 2.24) is 5.16 Å². The molecule has 0 spiro atoms. The van der Waals surface area contributed by atoms with Crippen molar-refractivity contribution in [2.24, 2.45) is 0 Å². The van der Waals surface area contributed by atoms with Crippen LogP contribution in [0.3, 0.4) is 0 Å². The second-order valence-corrected chi connectivity index (χ2v) is 5.31. The molecule has 1 aromatic carbocycles. The van der Waals surface area contributed by atoms with Gasteiger partial charge < -0.3 is 9.63 Å². The van der Waals surface area contributed by atoms with E-state index in [-0.39, 0.29) is 6.42 Å². The number of carboxylic acids is 1. The first-order valence-corrected chi connectivity index (χ1v) is 6.75. The molecule has 0 unspecified atom stereocenters. The number of rotatable bonds is 5. The molecular weight excluding hydrogens is 254 g/mol. The van der Waals surface area contributed by atoms with Gasteiger partial charge in [0, 0.05) is 18.1 Å². The summed E-state index contributed by atoms with van der Waals surface area (Å²) in [6.45, 7) is 6.32. The summed E-state index contributed by atoms with van der Waals surface area (Å²) in [5.41, 5.74) is 4.06. The molecule has 4 nitrogen and oxygen atoms in total. The second-order valence-electron chi connectivity index (χ2n) is 5.31. The van der Waals surface area contributed by atoms with Gasteiger partial charge in [0.15, 0.2) is 5.76 Å². The van der Waals surface area contributed by atoms with Gasteiger partial charge in [-0.1, -0.05) is 31.1 Å². The van der Waals surface area contributed by atoms with Crippen LogP contribution in [0.5, 0.6) is 0 Å². The smallest absolute Gasteiger partial charge is 0.303 e. The molecule has 20 heavy (non-hydrogen) atoms. The Kier molecular flexibility index (Phi) is 4.23. The lowest BCUT2D eigenvalue weighted by Crippen LogP contribution is -1.97. The van der Waals surface area contributed by atoms with Gasteiger partial charge in [0.05, 0.1) is 12.1 Å². The van der Waals surface area contributed by atoms with Crippen LogP contribution in [0.15, 0.2) is 28.8 Å². The minimum Gasteiger partial charge on any atom is -0.481 e. The highest BCUT2D eigenvalue weighted by molar-refractivity contribution is 5.67. The fourth-order valence-corrected chi connectivity index (χ4v) is 2.06. The average molecular weight is 273 g/mol. The molecule has 0 aliphatic carbocycles. The molecule has 0 aliphatic heterocycles. The molecule has 0 fully saturated rings. The Hall–Kier alpha value is -2.10. The van der Waals surface area contributed by atoms with Crippen LogP contribution in [-0.2, 0) is 11.2 Å². The van der Waals surface area contributed by atoms with E-state index in [4.69, 9.17) is 9.63 Å². The maximum Gasteiger partial charge on any atom is 0.303 e. The molecule has 0 saturated carbocycles. The van der Waals surface area contributed by atoms with E-state index in [0.29, 0.717) is 23.8 Å². The molecule has 4 heteroatoms. The summed E-state index contributed by atoms with van der Waals surface area (Å²) in [6.07, 6.45) is 0.457. The standard InChI is InChI=1S/C16H19NO3/c1-10(2)12-5-4-11(3)14(8-12)15-9-13(17-20-15)6-7-16(18)19/h4-5,8-10H,6-7H2,1-3H3,(H,18,19). The molecule has 0 bridgehead atoms. The number of aryl methyl sites for hydroxylation is 2. The van der Waals surface area contributed by atoms with E-state index in [0.717, 1.165) is 11.1 Å². The summed E-state index contributed by atoms with van der Waals surface area (Å²) >= 11 is 0. The summed E-state index contributed by atoms with van der Waals surface area (Å²) in [6, 6.07) is 8.13. The van der Waals surface area contributed by atoms with Gasteiger partial charge in [-0.3, -0.25) is 4.79 Å². The number of carbonyl (C=O) groups is 1. The van der Waals surface area contributed by atoms with Crippen molar-refractivity contribution in [1.29, 1.82) is 0 Å². The molecular formula is C16H19NO3. The minimum atomic E-state index is -0.826. The number of aromatic nitrogens is 1. The van der Waals surface area contributed by atoms with Crippen molar-refractivity contribution in [3.63, 3.8) is 0 Å². The Morgan fingerprint density at radius 2 is 2.10 bits per heavy atom. The number of carboxylic acid groups (broad SMARTS) is 1. The topological polar surface area (TPSA) is 63.3 Å². The maximum absolute atomic E-state index is 10.6. The maximum atomic E-state index is 10.6. The molecule has 0 amide bonds. The van der Waals surface area contributed by atoms with Gasteiger partial charge in [-0.25, -0.2) is 0 Å². The van der Waals surface area contributed by atoms with Crippen LogP contribution in [0.1, 0.15) is 43.0 Å². The first-order valence-electron chi connectivity index (χ1n) is 6.75. The van der Waals surface area contributed by atoms with Crippen LogP contribution in [0.25, 0.3) is 11.3 Å². The van der Waals surface area contributed by atoms with Crippen LogP contribution in [0.4, 0.5) is 0 Å². The van der Waals surface area contributed by atoms with Crippen molar-refractivity contribution in [3.05, 3.63) is 41.1 Å². The molecule has 0 saturated heterocycles. The molecule has 0 aliphatic rings. The van der Waals surface area contributed by atoms with Crippen molar-refractivity contribution in [3.8, 4) is 11.3 Å². The van der Waals surface area contributed by atoms with Gasteiger partial charge in [0.25, 0.3) is 0 Å². The molecule has 1 heterocycles. The Balaban J connectivity index is 2.27. The summed E-state index contributed by atoms with van der Waals surface area (Å²) in [4.78, 5) is 10.6. The van der Waals surface area contributed by atoms with Crippen LogP contribution < -0.4 is 0 Å². The molecule has 1 aromatic heterocycles. The Morgan fingerprint density at radius 3 is 2.75 bits per heavy atom. The van der Waals surface area contributed by atoms with Crippen LogP contribution >= 0.6 is 0 Å². The molecule has 2 rings (SSSR count). The summed E-state index contributed by atoms with van der Waals surface area (Å²) in [7, 11) is 0. The van der Waals surface area contributed by atoms with Gasteiger partial charge in [-0.05, 0) is 30.0 Å². The van der Waals surface area contributed by atoms with Gasteiger partial charge in [0.2, 0.25) is 0 Å². The summed E-state index contributed by atoms with van der Waals surface area (Å²) < 4.78 is 5.36. The number of hydrogen-bond acceptors (Lipinski definition) is 3. The third-order valence-corrected chi connectivity index (χ3v) is 3.35. The van der Waals surface area contributed by atoms with E-state index in [1.807, 2.05) is 13.0 Å². The molecule has 0 atom stereocenters. The Bertz CT molecular complexity index is 614. The molecule has 106 valence electrons. The van der Waals surface area contributed by atoms with Gasteiger partial charge >= 0.3 is 5.97 Å². The third kappa shape index (κ3) is 3.26. The van der Waals surface area contributed by atoms with E-state index in [1.54, 1.807) is 0 Å². The van der Waals surface area contributed by atoms with Crippen molar-refractivity contribution >= 4 is 5.97 Å². The number of aliphatic carboxylic acids is 1. The molecule has 0 radical (unpaired) electrons. The molecule has 2 aromatic rings. The van der Waals surface area contributed by atoms with Crippen LogP contribution in [0, 0.1) is 6.92 Å². The van der Waals surface area contributed by atoms with Gasteiger partial charge in [0.1, 0.15) is 0 Å². The fourth-order valence-electron chi connectivity index (χ4n) is 2.06. The Labute approximate surface area is 118 Å². The first kappa shape index (κ1) is 14.3. The summed E-state index contributed by atoms with van der Waals surface area (Å²) in [5.74, 6) is 0.321. The zero-order valence-electron chi connectivity index (χ0n) is 12.0. The van der Waals surface area contributed by atoms with E-state index < -0.39 is 5.97 Å². The fraction of sp³-hybridized carbons (Fsp3) is 0.375. The second kappa shape index (κ2) is 5.90. The monoisotopic (exact) mass is 273 g/mol.